The summed E-state index contributed by atoms with van der Waals surface area (Å²) < 4.78 is 0. The quantitative estimate of drug-likeness (QED) is 0.768. The van der Waals surface area contributed by atoms with Crippen LogP contribution in [0.15, 0.2) is 0 Å². The summed E-state index contributed by atoms with van der Waals surface area (Å²) in [5.41, 5.74) is 1.45. The lowest BCUT2D eigenvalue weighted by atomic mass is 10.1. The molecular formula is C17H28N2S. The van der Waals surface area contributed by atoms with E-state index in [-0.39, 0.29) is 0 Å². The Morgan fingerprint density at radius 2 is 1.85 bits per heavy atom. The fraction of sp³-hybridized carbons (Fsp3) is 0.824. The van der Waals surface area contributed by atoms with Crippen LogP contribution in [0, 0.1) is 0 Å². The zero-order valence-electron chi connectivity index (χ0n) is 13.0. The van der Waals surface area contributed by atoms with E-state index in [4.69, 9.17) is 4.98 Å². The largest absolute Gasteiger partial charge is 0.309 e. The van der Waals surface area contributed by atoms with Gasteiger partial charge in [0.1, 0.15) is 0 Å². The molecule has 2 aliphatic rings. The minimum absolute atomic E-state index is 0.678. The molecule has 2 aliphatic carbocycles. The molecule has 3 heteroatoms. The Balaban J connectivity index is 1.70. The Morgan fingerprint density at radius 1 is 1.15 bits per heavy atom. The molecule has 0 saturated heterocycles. The Hall–Kier alpha value is -0.410. The van der Waals surface area contributed by atoms with Gasteiger partial charge in [-0.2, -0.15) is 0 Å². The van der Waals surface area contributed by atoms with Crippen LogP contribution in [0.1, 0.15) is 92.6 Å². The topological polar surface area (TPSA) is 24.9 Å². The predicted octanol–water partition coefficient (Wildman–Crippen LogP) is 4.96. The Morgan fingerprint density at radius 3 is 2.45 bits per heavy atom. The molecular weight excluding hydrogens is 264 g/mol. The zero-order chi connectivity index (χ0) is 13.9. The Labute approximate surface area is 127 Å². The van der Waals surface area contributed by atoms with Gasteiger partial charge in [-0.15, -0.1) is 11.3 Å². The van der Waals surface area contributed by atoms with E-state index in [9.17, 15) is 0 Å². The average Bonchev–Trinajstić information content (AvgIpc) is 3.01. The van der Waals surface area contributed by atoms with Gasteiger partial charge in [0, 0.05) is 29.3 Å². The maximum atomic E-state index is 5.04. The van der Waals surface area contributed by atoms with Crippen molar-refractivity contribution < 1.29 is 0 Å². The highest BCUT2D eigenvalue weighted by Crippen LogP contribution is 2.44. The highest BCUT2D eigenvalue weighted by Gasteiger charge is 2.30. The van der Waals surface area contributed by atoms with E-state index >= 15 is 0 Å². The molecule has 1 heterocycles. The first-order valence-electron chi connectivity index (χ1n) is 8.54. The molecule has 0 aromatic carbocycles. The van der Waals surface area contributed by atoms with Crippen LogP contribution < -0.4 is 5.32 Å². The van der Waals surface area contributed by atoms with Crippen LogP contribution in [0.2, 0.25) is 0 Å². The fourth-order valence-corrected chi connectivity index (χ4v) is 4.73. The molecule has 2 nitrogen and oxygen atoms in total. The summed E-state index contributed by atoms with van der Waals surface area (Å²) in [6.45, 7) is 5.65. The second-order valence-corrected chi connectivity index (χ2v) is 7.63. The van der Waals surface area contributed by atoms with E-state index in [0.29, 0.717) is 5.92 Å². The number of nitrogens with one attached hydrogen (secondary N) is 1. The van der Waals surface area contributed by atoms with E-state index in [1.807, 2.05) is 11.3 Å². The van der Waals surface area contributed by atoms with Crippen LogP contribution in [0.25, 0.3) is 0 Å². The van der Waals surface area contributed by atoms with Crippen molar-refractivity contribution in [3.63, 3.8) is 0 Å². The van der Waals surface area contributed by atoms with Crippen LogP contribution in [0.4, 0.5) is 0 Å². The molecule has 3 rings (SSSR count). The first-order chi connectivity index (χ1) is 9.81. The molecule has 0 atom stereocenters. The number of thiazole rings is 1. The van der Waals surface area contributed by atoms with Crippen molar-refractivity contribution in [1.29, 1.82) is 0 Å². The minimum Gasteiger partial charge on any atom is -0.309 e. The zero-order valence-corrected chi connectivity index (χ0v) is 13.8. The SMILES string of the molecule is CCC(CC)c1nc(C2CC2)c(CNC2CCCC2)s1. The number of aromatic nitrogens is 1. The smallest absolute Gasteiger partial charge is 0.0962 e. The number of hydrogen-bond donors (Lipinski definition) is 1. The van der Waals surface area contributed by atoms with Crippen LogP contribution >= 0.6 is 11.3 Å². The molecule has 0 unspecified atom stereocenters. The van der Waals surface area contributed by atoms with Gasteiger partial charge in [0.15, 0.2) is 0 Å². The number of nitrogens with zero attached hydrogens (tertiary/aromatic N) is 1. The van der Waals surface area contributed by atoms with Gasteiger partial charge >= 0.3 is 0 Å². The van der Waals surface area contributed by atoms with Crippen LogP contribution in [-0.2, 0) is 6.54 Å². The normalized spacial score (nSPS) is 20.1. The van der Waals surface area contributed by atoms with Crippen molar-refractivity contribution >= 4 is 11.3 Å². The van der Waals surface area contributed by atoms with Crippen molar-refractivity contribution in [3.05, 3.63) is 15.6 Å². The molecule has 1 aromatic rings. The van der Waals surface area contributed by atoms with E-state index in [1.165, 1.54) is 62.1 Å². The molecule has 1 aromatic heterocycles. The fourth-order valence-electron chi connectivity index (χ4n) is 3.36. The van der Waals surface area contributed by atoms with Gasteiger partial charge in [-0.05, 0) is 38.5 Å². The molecule has 0 amide bonds. The monoisotopic (exact) mass is 292 g/mol. The summed E-state index contributed by atoms with van der Waals surface area (Å²) in [6, 6.07) is 0.765. The number of hydrogen-bond acceptors (Lipinski definition) is 3. The molecule has 0 bridgehead atoms. The second-order valence-electron chi connectivity index (χ2n) is 6.51. The van der Waals surface area contributed by atoms with Crippen LogP contribution in [0.5, 0.6) is 0 Å². The summed E-state index contributed by atoms with van der Waals surface area (Å²) in [5.74, 6) is 1.47. The van der Waals surface area contributed by atoms with E-state index in [0.717, 1.165) is 18.5 Å². The highest BCUT2D eigenvalue weighted by atomic mass is 32.1. The van der Waals surface area contributed by atoms with Crippen molar-refractivity contribution in [1.82, 2.24) is 10.3 Å². The summed E-state index contributed by atoms with van der Waals surface area (Å²) in [4.78, 5) is 6.58. The molecule has 2 fully saturated rings. The van der Waals surface area contributed by atoms with E-state index < -0.39 is 0 Å². The molecule has 1 N–H and O–H groups in total. The van der Waals surface area contributed by atoms with Crippen molar-refractivity contribution in [3.8, 4) is 0 Å². The standard InChI is InChI=1S/C17H28N2S/c1-3-12(4-2)17-19-16(13-9-10-13)15(20-17)11-18-14-7-5-6-8-14/h12-14,18H,3-11H2,1-2H3. The summed E-state index contributed by atoms with van der Waals surface area (Å²) in [7, 11) is 0. The Kier molecular flexibility index (Phi) is 4.77. The third-order valence-corrected chi connectivity index (χ3v) is 6.18. The summed E-state index contributed by atoms with van der Waals surface area (Å²) >= 11 is 1.99. The highest BCUT2D eigenvalue weighted by molar-refractivity contribution is 7.11. The van der Waals surface area contributed by atoms with E-state index in [1.54, 1.807) is 4.88 Å². The summed E-state index contributed by atoms with van der Waals surface area (Å²) in [5, 5.41) is 5.18. The molecule has 0 spiro atoms. The lowest BCUT2D eigenvalue weighted by Crippen LogP contribution is -2.25. The van der Waals surface area contributed by atoms with Gasteiger partial charge < -0.3 is 5.32 Å². The maximum absolute atomic E-state index is 5.04. The predicted molar refractivity (Wildman–Crippen MR) is 86.5 cm³/mol. The second kappa shape index (κ2) is 6.57. The molecule has 2 saturated carbocycles. The van der Waals surface area contributed by atoms with Crippen molar-refractivity contribution in [2.45, 2.75) is 89.6 Å². The van der Waals surface area contributed by atoms with Gasteiger partial charge in [0.2, 0.25) is 0 Å². The molecule has 0 aliphatic heterocycles. The maximum Gasteiger partial charge on any atom is 0.0962 e. The van der Waals surface area contributed by atoms with E-state index in [2.05, 4.69) is 19.2 Å². The number of rotatable bonds is 7. The molecule has 20 heavy (non-hydrogen) atoms. The summed E-state index contributed by atoms with van der Waals surface area (Å²) in [6.07, 6.45) is 10.7. The molecule has 0 radical (unpaired) electrons. The lowest BCUT2D eigenvalue weighted by Gasteiger charge is -2.11. The van der Waals surface area contributed by atoms with Gasteiger partial charge in [0.05, 0.1) is 10.7 Å². The Bertz CT molecular complexity index is 426. The first-order valence-corrected chi connectivity index (χ1v) is 9.36. The van der Waals surface area contributed by atoms with Crippen LogP contribution in [0.3, 0.4) is 0 Å². The first kappa shape index (κ1) is 14.5. The molecule has 112 valence electrons. The van der Waals surface area contributed by atoms with Gasteiger partial charge in [-0.3, -0.25) is 0 Å². The van der Waals surface area contributed by atoms with Crippen molar-refractivity contribution in [2.24, 2.45) is 0 Å². The lowest BCUT2D eigenvalue weighted by molar-refractivity contribution is 0.525. The van der Waals surface area contributed by atoms with Gasteiger partial charge in [-0.25, -0.2) is 4.98 Å². The minimum atomic E-state index is 0.678. The third-order valence-electron chi connectivity index (χ3n) is 4.95. The van der Waals surface area contributed by atoms with Gasteiger partial charge in [-0.1, -0.05) is 26.7 Å². The van der Waals surface area contributed by atoms with Crippen molar-refractivity contribution in [2.75, 3.05) is 0 Å². The van der Waals surface area contributed by atoms with Gasteiger partial charge in [0.25, 0.3) is 0 Å². The van der Waals surface area contributed by atoms with Crippen LogP contribution in [-0.4, -0.2) is 11.0 Å². The third kappa shape index (κ3) is 3.25. The average molecular weight is 292 g/mol.